The van der Waals surface area contributed by atoms with Gasteiger partial charge in [0.2, 0.25) is 5.91 Å². The van der Waals surface area contributed by atoms with Gasteiger partial charge in [0.1, 0.15) is 5.82 Å². The number of hydrogen-bond donors (Lipinski definition) is 0. The summed E-state index contributed by atoms with van der Waals surface area (Å²) in [6.45, 7) is 1.68. The second kappa shape index (κ2) is 7.58. The van der Waals surface area contributed by atoms with Crippen LogP contribution in [0.4, 0.5) is 19.0 Å². The first-order valence-corrected chi connectivity index (χ1v) is 8.76. The Morgan fingerprint density at radius 3 is 2.48 bits per heavy atom. The number of carbonyl (C=O) groups excluding carboxylic acids is 1. The van der Waals surface area contributed by atoms with Crippen LogP contribution in [0, 0.1) is 5.92 Å². The molecular formula is C18H22F3N5O. The molecule has 6 nitrogen and oxygen atoms in total. The third-order valence-corrected chi connectivity index (χ3v) is 4.94. The minimum atomic E-state index is -4.39. The first-order chi connectivity index (χ1) is 12.8. The number of anilines is 1. The number of aryl methyl sites for hydroxylation is 1. The number of rotatable bonds is 4. The highest BCUT2D eigenvalue weighted by molar-refractivity contribution is 5.78. The van der Waals surface area contributed by atoms with Crippen molar-refractivity contribution < 1.29 is 18.0 Å². The number of carbonyl (C=O) groups is 1. The summed E-state index contributed by atoms with van der Waals surface area (Å²) in [6, 6.07) is 4.31. The minimum absolute atomic E-state index is 0.0798. The molecule has 0 spiro atoms. The number of piperidine rings is 1. The van der Waals surface area contributed by atoms with Crippen LogP contribution in [-0.2, 0) is 24.6 Å². The largest absolute Gasteiger partial charge is 0.417 e. The van der Waals surface area contributed by atoms with E-state index in [4.69, 9.17) is 0 Å². The first kappa shape index (κ1) is 19.2. The highest BCUT2D eigenvalue weighted by Crippen LogP contribution is 2.30. The van der Waals surface area contributed by atoms with Gasteiger partial charge in [-0.1, -0.05) is 0 Å². The maximum Gasteiger partial charge on any atom is 0.417 e. The minimum Gasteiger partial charge on any atom is -0.357 e. The van der Waals surface area contributed by atoms with Gasteiger partial charge >= 0.3 is 6.18 Å². The van der Waals surface area contributed by atoms with Crippen LogP contribution >= 0.6 is 0 Å². The maximum atomic E-state index is 12.7. The molecule has 1 fully saturated rings. The fourth-order valence-electron chi connectivity index (χ4n) is 3.29. The lowest BCUT2D eigenvalue weighted by molar-refractivity contribution is -0.138. The van der Waals surface area contributed by atoms with Gasteiger partial charge in [0.25, 0.3) is 0 Å². The van der Waals surface area contributed by atoms with Gasteiger partial charge < -0.3 is 9.80 Å². The Morgan fingerprint density at radius 1 is 1.26 bits per heavy atom. The van der Waals surface area contributed by atoms with Gasteiger partial charge in [-0.15, -0.1) is 0 Å². The molecule has 9 heteroatoms. The first-order valence-electron chi connectivity index (χ1n) is 8.76. The molecule has 1 aliphatic heterocycles. The standard InChI is InChI=1S/C18H22F3N5O/c1-24(12-15-5-8-23-25(15)2)17(27)13-6-9-26(10-7-13)16-4-3-14(11-22-16)18(19,20)21/h3-5,8,11,13H,6-7,9-10,12H2,1-2H3. The number of hydrogen-bond acceptors (Lipinski definition) is 4. The van der Waals surface area contributed by atoms with Crippen molar-refractivity contribution in [3.8, 4) is 0 Å². The number of pyridine rings is 1. The molecule has 3 heterocycles. The zero-order chi connectivity index (χ0) is 19.6. The third-order valence-electron chi connectivity index (χ3n) is 4.94. The second-order valence-corrected chi connectivity index (χ2v) is 6.80. The molecule has 1 aliphatic rings. The van der Waals surface area contributed by atoms with Crippen LogP contribution in [0.1, 0.15) is 24.1 Å². The topological polar surface area (TPSA) is 54.3 Å². The monoisotopic (exact) mass is 381 g/mol. The zero-order valence-electron chi connectivity index (χ0n) is 15.3. The van der Waals surface area contributed by atoms with Gasteiger partial charge in [-0.25, -0.2) is 4.98 Å². The highest BCUT2D eigenvalue weighted by atomic mass is 19.4. The molecule has 0 aromatic carbocycles. The number of amides is 1. The molecule has 3 rings (SSSR count). The van der Waals surface area contributed by atoms with Gasteiger partial charge in [0, 0.05) is 45.5 Å². The van der Waals surface area contributed by atoms with Gasteiger partial charge in [-0.3, -0.25) is 9.48 Å². The third kappa shape index (κ3) is 4.40. The number of nitrogens with zero attached hydrogens (tertiary/aromatic N) is 5. The van der Waals surface area contributed by atoms with Crippen LogP contribution in [0.2, 0.25) is 0 Å². The van der Waals surface area contributed by atoms with Crippen LogP contribution in [0.5, 0.6) is 0 Å². The summed E-state index contributed by atoms with van der Waals surface area (Å²) in [5.41, 5.74) is 0.199. The molecule has 2 aromatic heterocycles. The molecule has 0 radical (unpaired) electrons. The lowest BCUT2D eigenvalue weighted by atomic mass is 9.95. The van der Waals surface area contributed by atoms with E-state index in [2.05, 4.69) is 10.1 Å². The molecule has 146 valence electrons. The van der Waals surface area contributed by atoms with E-state index in [1.54, 1.807) is 22.8 Å². The fourth-order valence-corrected chi connectivity index (χ4v) is 3.29. The summed E-state index contributed by atoms with van der Waals surface area (Å²) in [4.78, 5) is 20.2. The van der Waals surface area contributed by atoms with Crippen LogP contribution < -0.4 is 4.90 Å². The highest BCUT2D eigenvalue weighted by Gasteiger charge is 2.32. The summed E-state index contributed by atoms with van der Waals surface area (Å²) in [5.74, 6) is 0.502. The van der Waals surface area contributed by atoms with Gasteiger partial charge in [-0.2, -0.15) is 18.3 Å². The zero-order valence-corrected chi connectivity index (χ0v) is 15.3. The van der Waals surface area contributed by atoms with Crippen LogP contribution in [0.25, 0.3) is 0 Å². The molecule has 0 saturated carbocycles. The van der Waals surface area contributed by atoms with Gasteiger partial charge in [0.05, 0.1) is 17.8 Å². The Labute approximate surface area is 155 Å². The molecule has 0 aliphatic carbocycles. The number of alkyl halides is 3. The van der Waals surface area contributed by atoms with Gasteiger partial charge in [0.15, 0.2) is 0 Å². The Morgan fingerprint density at radius 2 is 1.96 bits per heavy atom. The summed E-state index contributed by atoms with van der Waals surface area (Å²) in [5, 5.41) is 4.10. The maximum absolute atomic E-state index is 12.7. The summed E-state index contributed by atoms with van der Waals surface area (Å²) in [7, 11) is 3.61. The van der Waals surface area contributed by atoms with Crippen molar-refractivity contribution in [3.63, 3.8) is 0 Å². The van der Waals surface area contributed by atoms with Crippen molar-refractivity contribution >= 4 is 11.7 Å². The van der Waals surface area contributed by atoms with Gasteiger partial charge in [-0.05, 0) is 31.0 Å². The van der Waals surface area contributed by atoms with E-state index >= 15 is 0 Å². The Bertz CT molecular complexity index is 779. The van der Waals surface area contributed by atoms with E-state index < -0.39 is 11.7 Å². The predicted molar refractivity (Wildman–Crippen MR) is 93.9 cm³/mol. The lowest BCUT2D eigenvalue weighted by Crippen LogP contribution is -2.41. The molecule has 0 bridgehead atoms. The van der Waals surface area contributed by atoms with E-state index in [0.717, 1.165) is 18.0 Å². The molecular weight excluding hydrogens is 359 g/mol. The van der Waals surface area contributed by atoms with Crippen molar-refractivity contribution in [2.75, 3.05) is 25.0 Å². The van der Waals surface area contributed by atoms with Crippen molar-refractivity contribution in [3.05, 3.63) is 41.9 Å². The number of aromatic nitrogens is 3. The predicted octanol–water partition coefficient (Wildman–Crippen LogP) is 2.71. The van der Waals surface area contributed by atoms with Crippen molar-refractivity contribution in [2.45, 2.75) is 25.6 Å². The van der Waals surface area contributed by atoms with Crippen LogP contribution in [0.3, 0.4) is 0 Å². The average Bonchev–Trinajstić information content (AvgIpc) is 3.05. The van der Waals surface area contributed by atoms with Crippen LogP contribution in [-0.4, -0.2) is 45.7 Å². The van der Waals surface area contributed by atoms with E-state index in [9.17, 15) is 18.0 Å². The van der Waals surface area contributed by atoms with Crippen molar-refractivity contribution in [2.24, 2.45) is 13.0 Å². The average molecular weight is 381 g/mol. The van der Waals surface area contributed by atoms with E-state index in [1.807, 2.05) is 18.0 Å². The Balaban J connectivity index is 1.55. The molecule has 0 atom stereocenters. The van der Waals surface area contributed by atoms with E-state index in [0.29, 0.717) is 38.3 Å². The fraction of sp³-hybridized carbons (Fsp3) is 0.500. The smallest absolute Gasteiger partial charge is 0.357 e. The molecule has 0 N–H and O–H groups in total. The molecule has 0 unspecified atom stereocenters. The molecule has 1 saturated heterocycles. The van der Waals surface area contributed by atoms with Crippen molar-refractivity contribution in [1.29, 1.82) is 0 Å². The quantitative estimate of drug-likeness (QED) is 0.817. The van der Waals surface area contributed by atoms with Crippen LogP contribution in [0.15, 0.2) is 30.6 Å². The molecule has 27 heavy (non-hydrogen) atoms. The summed E-state index contributed by atoms with van der Waals surface area (Å²) in [6.07, 6.45) is -0.532. The SMILES string of the molecule is CN(Cc1ccnn1C)C(=O)C1CCN(c2ccc(C(F)(F)F)cn2)CC1. The summed E-state index contributed by atoms with van der Waals surface area (Å²) >= 11 is 0. The second-order valence-electron chi connectivity index (χ2n) is 6.80. The van der Waals surface area contributed by atoms with E-state index in [-0.39, 0.29) is 11.8 Å². The Hall–Kier alpha value is -2.58. The van der Waals surface area contributed by atoms with Crippen molar-refractivity contribution in [1.82, 2.24) is 19.7 Å². The van der Waals surface area contributed by atoms with E-state index in [1.165, 1.54) is 6.07 Å². The lowest BCUT2D eigenvalue weighted by Gasteiger charge is -2.34. The summed E-state index contributed by atoms with van der Waals surface area (Å²) < 4.78 is 39.6. The Kier molecular flexibility index (Phi) is 5.38. The number of halogens is 3. The molecule has 2 aromatic rings. The normalized spacial score (nSPS) is 15.8. The molecule has 1 amide bonds.